The molecule has 0 aliphatic carbocycles. The number of nitrogens with one attached hydrogen (secondary N) is 1. The molecule has 4 aromatic rings. The second-order valence-corrected chi connectivity index (χ2v) is 8.34. The molecule has 0 aliphatic rings. The van der Waals surface area contributed by atoms with Gasteiger partial charge in [0.05, 0.1) is 7.11 Å². The van der Waals surface area contributed by atoms with Crippen molar-refractivity contribution in [2.45, 2.75) is 4.90 Å². The van der Waals surface area contributed by atoms with E-state index in [9.17, 15) is 8.42 Å². The van der Waals surface area contributed by atoms with E-state index in [1.165, 1.54) is 19.2 Å². The Hall–Kier alpha value is -3.36. The molecule has 0 bridgehead atoms. The third-order valence-corrected chi connectivity index (χ3v) is 5.90. The first-order valence-electron chi connectivity index (χ1n) is 8.82. The number of benzene rings is 3. The molecular formula is C21H16ClN3O4S. The van der Waals surface area contributed by atoms with Crippen molar-refractivity contribution in [1.29, 1.82) is 0 Å². The minimum Gasteiger partial charge on any atom is -0.495 e. The molecule has 30 heavy (non-hydrogen) atoms. The minimum absolute atomic E-state index is 0.0584. The summed E-state index contributed by atoms with van der Waals surface area (Å²) in [5, 5.41) is 8.60. The number of halogens is 1. The minimum atomic E-state index is -3.95. The molecule has 0 atom stereocenters. The van der Waals surface area contributed by atoms with Crippen LogP contribution in [-0.4, -0.2) is 25.7 Å². The van der Waals surface area contributed by atoms with E-state index >= 15 is 0 Å². The number of methoxy groups -OCH3 is 1. The van der Waals surface area contributed by atoms with Gasteiger partial charge in [-0.05, 0) is 54.6 Å². The van der Waals surface area contributed by atoms with E-state index in [1.807, 2.05) is 30.3 Å². The molecule has 3 aromatic carbocycles. The van der Waals surface area contributed by atoms with Crippen LogP contribution in [-0.2, 0) is 10.0 Å². The summed E-state index contributed by atoms with van der Waals surface area (Å²) in [7, 11) is -2.55. The summed E-state index contributed by atoms with van der Waals surface area (Å²) < 4.78 is 39.5. The summed E-state index contributed by atoms with van der Waals surface area (Å²) in [5.74, 6) is 0.715. The smallest absolute Gasteiger partial charge is 0.265 e. The van der Waals surface area contributed by atoms with Crippen LogP contribution < -0.4 is 9.46 Å². The van der Waals surface area contributed by atoms with Crippen molar-refractivity contribution < 1.29 is 17.6 Å². The van der Waals surface area contributed by atoms with Gasteiger partial charge in [-0.2, -0.15) is 0 Å². The van der Waals surface area contributed by atoms with Gasteiger partial charge in [0, 0.05) is 21.8 Å². The Labute approximate surface area is 178 Å². The Morgan fingerprint density at radius 2 is 1.57 bits per heavy atom. The number of aromatic nitrogens is 2. The predicted octanol–water partition coefficient (Wildman–Crippen LogP) is 4.87. The number of hydrogen-bond donors (Lipinski definition) is 1. The lowest BCUT2D eigenvalue weighted by Gasteiger charge is -2.12. The normalized spacial score (nSPS) is 11.3. The average molecular weight is 442 g/mol. The summed E-state index contributed by atoms with van der Waals surface area (Å²) in [6.07, 6.45) is 0. The van der Waals surface area contributed by atoms with Crippen LogP contribution in [0.25, 0.3) is 22.9 Å². The van der Waals surface area contributed by atoms with Crippen LogP contribution in [0.4, 0.5) is 5.69 Å². The molecule has 4 rings (SSSR count). The van der Waals surface area contributed by atoms with Crippen LogP contribution in [0.3, 0.4) is 0 Å². The van der Waals surface area contributed by atoms with E-state index in [4.69, 9.17) is 20.8 Å². The second kappa shape index (κ2) is 8.17. The molecule has 0 amide bonds. The zero-order chi connectivity index (χ0) is 21.1. The number of nitrogens with zero attached hydrogens (tertiary/aromatic N) is 2. The fourth-order valence-electron chi connectivity index (χ4n) is 2.79. The molecule has 1 aromatic heterocycles. The second-order valence-electron chi connectivity index (χ2n) is 6.26. The maximum atomic E-state index is 13.0. The van der Waals surface area contributed by atoms with Gasteiger partial charge in [0.15, 0.2) is 0 Å². The summed E-state index contributed by atoms with van der Waals surface area (Å²) in [5.41, 5.74) is 1.58. The van der Waals surface area contributed by atoms with Crippen LogP contribution in [0.15, 0.2) is 82.1 Å². The first-order valence-corrected chi connectivity index (χ1v) is 10.7. The fourth-order valence-corrected chi connectivity index (χ4v) is 4.17. The highest BCUT2D eigenvalue weighted by atomic mass is 35.5. The molecule has 152 valence electrons. The van der Waals surface area contributed by atoms with Gasteiger partial charge in [0.1, 0.15) is 10.6 Å². The molecular weight excluding hydrogens is 426 g/mol. The van der Waals surface area contributed by atoms with Gasteiger partial charge in [-0.1, -0.05) is 29.8 Å². The number of anilines is 1. The number of hydrogen-bond acceptors (Lipinski definition) is 6. The van der Waals surface area contributed by atoms with Crippen LogP contribution in [0.5, 0.6) is 5.75 Å². The monoisotopic (exact) mass is 441 g/mol. The lowest BCUT2D eigenvalue weighted by atomic mass is 10.2. The molecule has 0 saturated heterocycles. The van der Waals surface area contributed by atoms with Crippen molar-refractivity contribution in [2.75, 3.05) is 11.8 Å². The van der Waals surface area contributed by atoms with Crippen molar-refractivity contribution in [1.82, 2.24) is 10.2 Å². The first-order chi connectivity index (χ1) is 14.5. The number of rotatable bonds is 6. The van der Waals surface area contributed by atoms with Gasteiger partial charge >= 0.3 is 0 Å². The topological polar surface area (TPSA) is 94.3 Å². The van der Waals surface area contributed by atoms with Gasteiger partial charge < -0.3 is 9.15 Å². The SMILES string of the molecule is COc1ccc(-c2nnc(-c3ccccc3)o2)cc1S(=O)(=O)Nc1ccc(Cl)cc1. The van der Waals surface area contributed by atoms with E-state index in [0.29, 0.717) is 22.2 Å². The van der Waals surface area contributed by atoms with Crippen LogP contribution in [0, 0.1) is 0 Å². The predicted molar refractivity (Wildman–Crippen MR) is 114 cm³/mol. The zero-order valence-electron chi connectivity index (χ0n) is 15.7. The van der Waals surface area contributed by atoms with Crippen molar-refractivity contribution in [3.63, 3.8) is 0 Å². The maximum absolute atomic E-state index is 13.0. The largest absolute Gasteiger partial charge is 0.495 e. The Kier molecular flexibility index (Phi) is 5.43. The standard InChI is InChI=1S/C21H16ClN3O4S/c1-28-18-12-7-15(21-24-23-20(29-21)14-5-3-2-4-6-14)13-19(18)30(26,27)25-17-10-8-16(22)9-11-17/h2-13,25H,1H3. The molecule has 0 spiro atoms. The van der Waals surface area contributed by atoms with E-state index < -0.39 is 10.0 Å². The van der Waals surface area contributed by atoms with E-state index in [2.05, 4.69) is 14.9 Å². The Morgan fingerprint density at radius 3 is 2.23 bits per heavy atom. The van der Waals surface area contributed by atoms with Gasteiger partial charge in [-0.3, -0.25) is 4.72 Å². The van der Waals surface area contributed by atoms with Gasteiger partial charge in [0.25, 0.3) is 10.0 Å². The maximum Gasteiger partial charge on any atom is 0.265 e. The number of sulfonamides is 1. The highest BCUT2D eigenvalue weighted by Crippen LogP contribution is 2.32. The third-order valence-electron chi connectivity index (χ3n) is 4.24. The summed E-state index contributed by atoms with van der Waals surface area (Å²) >= 11 is 5.86. The highest BCUT2D eigenvalue weighted by Gasteiger charge is 2.22. The molecule has 1 heterocycles. The van der Waals surface area contributed by atoms with E-state index in [1.54, 1.807) is 30.3 Å². The van der Waals surface area contributed by atoms with Crippen LogP contribution in [0.2, 0.25) is 5.02 Å². The van der Waals surface area contributed by atoms with Crippen molar-refractivity contribution in [3.8, 4) is 28.7 Å². The molecule has 0 saturated carbocycles. The molecule has 9 heteroatoms. The Morgan fingerprint density at radius 1 is 0.900 bits per heavy atom. The molecule has 1 N–H and O–H groups in total. The Bertz CT molecular complexity index is 1270. The average Bonchev–Trinajstić information content (AvgIpc) is 3.26. The quantitative estimate of drug-likeness (QED) is 0.459. The van der Waals surface area contributed by atoms with E-state index in [-0.39, 0.29) is 16.5 Å². The molecule has 0 aliphatic heterocycles. The van der Waals surface area contributed by atoms with Crippen molar-refractivity contribution >= 4 is 27.3 Å². The fraction of sp³-hybridized carbons (Fsp3) is 0.0476. The third kappa shape index (κ3) is 4.14. The first kappa shape index (κ1) is 19.9. The zero-order valence-corrected chi connectivity index (χ0v) is 17.3. The lowest BCUT2D eigenvalue weighted by Crippen LogP contribution is -2.14. The summed E-state index contributed by atoms with van der Waals surface area (Å²) in [6.45, 7) is 0. The van der Waals surface area contributed by atoms with E-state index in [0.717, 1.165) is 5.56 Å². The molecule has 0 unspecified atom stereocenters. The molecule has 0 fully saturated rings. The molecule has 7 nitrogen and oxygen atoms in total. The number of ether oxygens (including phenoxy) is 1. The van der Waals surface area contributed by atoms with Gasteiger partial charge in [0.2, 0.25) is 11.8 Å². The van der Waals surface area contributed by atoms with Crippen molar-refractivity contribution in [2.24, 2.45) is 0 Å². The van der Waals surface area contributed by atoms with Crippen LogP contribution in [0.1, 0.15) is 0 Å². The van der Waals surface area contributed by atoms with Gasteiger partial charge in [-0.15, -0.1) is 10.2 Å². The summed E-state index contributed by atoms with van der Waals surface area (Å²) in [4.78, 5) is -0.0584. The lowest BCUT2D eigenvalue weighted by molar-refractivity contribution is 0.403. The van der Waals surface area contributed by atoms with Crippen molar-refractivity contribution in [3.05, 3.63) is 77.8 Å². The molecule has 0 radical (unpaired) electrons. The summed E-state index contributed by atoms with van der Waals surface area (Å²) in [6, 6.07) is 20.2. The Balaban J connectivity index is 1.70. The highest BCUT2D eigenvalue weighted by molar-refractivity contribution is 7.92. The van der Waals surface area contributed by atoms with Gasteiger partial charge in [-0.25, -0.2) is 8.42 Å². The van der Waals surface area contributed by atoms with Crippen LogP contribution >= 0.6 is 11.6 Å².